The Kier molecular flexibility index (Phi) is 6.11. The molecule has 0 aromatic carbocycles. The molecule has 106 valence electrons. The Labute approximate surface area is 112 Å². The second-order valence-corrected chi connectivity index (χ2v) is 5.61. The molecule has 7 nitrogen and oxygen atoms in total. The maximum absolute atomic E-state index is 12.2. The lowest BCUT2D eigenvalue weighted by Gasteiger charge is -2.20. The molecule has 2 N–H and O–H groups in total. The summed E-state index contributed by atoms with van der Waals surface area (Å²) in [6, 6.07) is 4.97. The van der Waals surface area contributed by atoms with E-state index in [9.17, 15) is 9.36 Å². The lowest BCUT2D eigenvalue weighted by Crippen LogP contribution is -2.40. The van der Waals surface area contributed by atoms with Crippen LogP contribution in [0.1, 0.15) is 13.8 Å². The van der Waals surface area contributed by atoms with Crippen molar-refractivity contribution in [3.63, 3.8) is 0 Å². The Morgan fingerprint density at radius 2 is 2.00 bits per heavy atom. The second kappa shape index (κ2) is 7.35. The number of carbonyl (C=O) groups excluding carboxylic acids is 1. The summed E-state index contributed by atoms with van der Waals surface area (Å²) in [5.41, 5.74) is 0. The van der Waals surface area contributed by atoms with Gasteiger partial charge in [-0.1, -0.05) is 6.07 Å². The van der Waals surface area contributed by atoms with Gasteiger partial charge in [0.05, 0.1) is 13.2 Å². The number of carbonyl (C=O) groups is 1. The summed E-state index contributed by atoms with van der Waals surface area (Å²) in [4.78, 5) is 15.9. The van der Waals surface area contributed by atoms with Crippen LogP contribution in [0.15, 0.2) is 24.4 Å². The van der Waals surface area contributed by atoms with E-state index >= 15 is 0 Å². The number of hydrogen-bond donors (Lipinski definition) is 1. The van der Waals surface area contributed by atoms with Gasteiger partial charge in [-0.3, -0.25) is 9.36 Å². The molecule has 8 heteroatoms. The van der Waals surface area contributed by atoms with Gasteiger partial charge in [-0.2, -0.15) is 0 Å². The molecule has 0 spiro atoms. The van der Waals surface area contributed by atoms with E-state index in [0.29, 0.717) is 0 Å². The van der Waals surface area contributed by atoms with Crippen LogP contribution in [-0.4, -0.2) is 30.3 Å². The molecule has 0 aliphatic heterocycles. The number of nitrogens with two attached hydrogens (primary N) is 1. The number of nitrogens with zero attached hydrogens (tertiary/aromatic N) is 2. The third-order valence-corrected chi connectivity index (χ3v) is 4.11. The van der Waals surface area contributed by atoms with E-state index in [1.807, 2.05) is 0 Å². The van der Waals surface area contributed by atoms with Gasteiger partial charge < -0.3 is 9.05 Å². The van der Waals surface area contributed by atoms with E-state index in [0.717, 1.165) is 5.01 Å². The minimum Gasteiger partial charge on any atom is -0.309 e. The first-order valence-electron chi connectivity index (χ1n) is 5.89. The molecule has 1 aromatic heterocycles. The zero-order valence-electron chi connectivity index (χ0n) is 11.0. The highest BCUT2D eigenvalue weighted by Gasteiger charge is 2.30. The fraction of sp³-hybridized carbons (Fsp3) is 0.455. The lowest BCUT2D eigenvalue weighted by atomic mass is 10.4. The van der Waals surface area contributed by atoms with E-state index in [4.69, 9.17) is 14.9 Å². The van der Waals surface area contributed by atoms with Gasteiger partial charge in [0.25, 0.3) is 5.91 Å². The number of amides is 1. The number of rotatable bonds is 7. The first-order chi connectivity index (χ1) is 9.02. The van der Waals surface area contributed by atoms with Crippen molar-refractivity contribution < 1.29 is 18.4 Å². The second-order valence-electron chi connectivity index (χ2n) is 3.56. The minimum absolute atomic E-state index is 0.193. The van der Waals surface area contributed by atoms with Gasteiger partial charge in [-0.15, -0.1) is 0 Å². The summed E-state index contributed by atoms with van der Waals surface area (Å²) in [5.74, 6) is 5.32. The predicted molar refractivity (Wildman–Crippen MR) is 71.6 cm³/mol. The van der Waals surface area contributed by atoms with E-state index < -0.39 is 19.7 Å². The molecule has 0 saturated heterocycles. The molecule has 1 heterocycles. The average Bonchev–Trinajstić information content (AvgIpc) is 2.39. The van der Waals surface area contributed by atoms with Crippen molar-refractivity contribution in [2.75, 3.05) is 24.4 Å². The standard InChI is InChI=1S/C11H18N3O4P/c1-3-17-19(16,18-4-2)9-11(15)14(12)10-7-5-6-8-13-10/h5-8H,3-4,9,12H2,1-2H3. The van der Waals surface area contributed by atoms with Crippen LogP contribution in [0, 0.1) is 0 Å². The molecule has 0 atom stereocenters. The molecule has 1 rings (SSSR count). The zero-order valence-corrected chi connectivity index (χ0v) is 11.9. The first kappa shape index (κ1) is 15.8. The Morgan fingerprint density at radius 1 is 1.37 bits per heavy atom. The van der Waals surface area contributed by atoms with Crippen LogP contribution in [0.5, 0.6) is 0 Å². The summed E-state index contributed by atoms with van der Waals surface area (Å²) in [6.07, 6.45) is 1.09. The van der Waals surface area contributed by atoms with Crippen LogP contribution in [0.3, 0.4) is 0 Å². The zero-order chi connectivity index (χ0) is 14.3. The van der Waals surface area contributed by atoms with Gasteiger partial charge >= 0.3 is 7.60 Å². The van der Waals surface area contributed by atoms with E-state index in [1.54, 1.807) is 32.0 Å². The van der Waals surface area contributed by atoms with Crippen LogP contribution in [0.4, 0.5) is 5.82 Å². The fourth-order valence-electron chi connectivity index (χ4n) is 1.39. The number of anilines is 1. The molecule has 19 heavy (non-hydrogen) atoms. The van der Waals surface area contributed by atoms with Gasteiger partial charge in [-0.25, -0.2) is 15.8 Å². The van der Waals surface area contributed by atoms with Gasteiger partial charge in [0, 0.05) is 6.20 Å². The Morgan fingerprint density at radius 3 is 2.47 bits per heavy atom. The van der Waals surface area contributed by atoms with Gasteiger partial charge in [0.15, 0.2) is 0 Å². The maximum Gasteiger partial charge on any atom is 0.340 e. The molecule has 1 amide bonds. The fourth-order valence-corrected chi connectivity index (χ4v) is 2.92. The van der Waals surface area contributed by atoms with Gasteiger partial charge in [-0.05, 0) is 26.0 Å². The predicted octanol–water partition coefficient (Wildman–Crippen LogP) is 1.55. The average molecular weight is 287 g/mol. The molecular weight excluding hydrogens is 269 g/mol. The molecule has 0 aliphatic rings. The van der Waals surface area contributed by atoms with Crippen molar-refractivity contribution in [1.82, 2.24) is 4.98 Å². The third-order valence-electron chi connectivity index (χ3n) is 2.15. The Hall–Kier alpha value is -1.27. The number of pyridine rings is 1. The molecule has 0 fully saturated rings. The van der Waals surface area contributed by atoms with Crippen LogP contribution in [-0.2, 0) is 18.4 Å². The number of aromatic nitrogens is 1. The maximum atomic E-state index is 12.2. The highest BCUT2D eigenvalue weighted by molar-refractivity contribution is 7.54. The SMILES string of the molecule is CCOP(=O)(CC(=O)N(N)c1ccccn1)OCC. The molecule has 1 aromatic rings. The molecule has 0 radical (unpaired) electrons. The summed E-state index contributed by atoms with van der Waals surface area (Å²) in [5, 5.41) is 0.838. The van der Waals surface area contributed by atoms with E-state index in [1.165, 1.54) is 6.20 Å². The minimum atomic E-state index is -3.45. The summed E-state index contributed by atoms with van der Waals surface area (Å²) >= 11 is 0. The highest BCUT2D eigenvalue weighted by atomic mass is 31.2. The molecule has 0 aliphatic carbocycles. The van der Waals surface area contributed by atoms with Crippen LogP contribution >= 0.6 is 7.60 Å². The first-order valence-corrected chi connectivity index (χ1v) is 7.62. The highest BCUT2D eigenvalue weighted by Crippen LogP contribution is 2.47. The van der Waals surface area contributed by atoms with Crippen molar-refractivity contribution in [3.8, 4) is 0 Å². The Balaban J connectivity index is 2.75. The normalized spacial score (nSPS) is 11.3. The summed E-state index contributed by atoms with van der Waals surface area (Å²) < 4.78 is 22.3. The summed E-state index contributed by atoms with van der Waals surface area (Å²) in [6.45, 7) is 3.74. The van der Waals surface area contributed by atoms with Crippen molar-refractivity contribution in [3.05, 3.63) is 24.4 Å². The van der Waals surface area contributed by atoms with Crippen LogP contribution < -0.4 is 10.9 Å². The quantitative estimate of drug-likeness (QED) is 0.354. The Bertz CT molecular complexity index is 445. The van der Waals surface area contributed by atoms with Crippen molar-refractivity contribution >= 4 is 19.3 Å². The van der Waals surface area contributed by atoms with Crippen LogP contribution in [0.25, 0.3) is 0 Å². The van der Waals surface area contributed by atoms with Gasteiger partial charge in [0.2, 0.25) is 0 Å². The van der Waals surface area contributed by atoms with E-state index in [-0.39, 0.29) is 19.0 Å². The summed E-state index contributed by atoms with van der Waals surface area (Å²) in [7, 11) is -3.45. The third kappa shape index (κ3) is 4.72. The molecule has 0 bridgehead atoms. The topological polar surface area (TPSA) is 94.8 Å². The lowest BCUT2D eigenvalue weighted by molar-refractivity contribution is -0.116. The monoisotopic (exact) mass is 287 g/mol. The largest absolute Gasteiger partial charge is 0.340 e. The van der Waals surface area contributed by atoms with E-state index in [2.05, 4.69) is 4.98 Å². The smallest absolute Gasteiger partial charge is 0.309 e. The van der Waals surface area contributed by atoms with Crippen molar-refractivity contribution in [2.45, 2.75) is 13.8 Å². The molecular formula is C11H18N3O4P. The molecule has 0 unspecified atom stereocenters. The molecule has 0 saturated carbocycles. The van der Waals surface area contributed by atoms with Crippen molar-refractivity contribution in [2.24, 2.45) is 5.84 Å². The number of hydrogen-bond acceptors (Lipinski definition) is 6. The van der Waals surface area contributed by atoms with Gasteiger partial charge in [0.1, 0.15) is 12.0 Å². The van der Waals surface area contributed by atoms with Crippen LogP contribution in [0.2, 0.25) is 0 Å². The van der Waals surface area contributed by atoms with Crippen molar-refractivity contribution in [1.29, 1.82) is 0 Å². The number of hydrazine groups is 1.